The van der Waals surface area contributed by atoms with Gasteiger partial charge in [-0.05, 0) is 60.3 Å². The van der Waals surface area contributed by atoms with Crippen molar-refractivity contribution in [1.29, 1.82) is 0 Å². The first-order valence-corrected chi connectivity index (χ1v) is 6.77. The van der Waals surface area contributed by atoms with Gasteiger partial charge in [0.05, 0.1) is 5.41 Å². The van der Waals surface area contributed by atoms with E-state index < -0.39 is 11.0 Å². The number of hydrogen-bond acceptors (Lipinski definition) is 3. The summed E-state index contributed by atoms with van der Waals surface area (Å²) in [5, 5.41) is 0. The number of hydrogen-bond donors (Lipinski definition) is 1. The van der Waals surface area contributed by atoms with Crippen LogP contribution >= 0.6 is 0 Å². The highest BCUT2D eigenvalue weighted by Crippen LogP contribution is 2.31. The summed E-state index contributed by atoms with van der Waals surface area (Å²) in [6.07, 6.45) is 1.47. The molecule has 0 unspecified atom stereocenters. The molecule has 18 heavy (non-hydrogen) atoms. The van der Waals surface area contributed by atoms with E-state index in [1.54, 1.807) is 0 Å². The van der Waals surface area contributed by atoms with Crippen molar-refractivity contribution >= 4 is 5.97 Å². The largest absolute Gasteiger partial charge is 0.459 e. The summed E-state index contributed by atoms with van der Waals surface area (Å²) < 4.78 is 5.66. The second-order valence-corrected chi connectivity index (χ2v) is 7.80. The Hall–Kier alpha value is -0.570. The van der Waals surface area contributed by atoms with E-state index in [0.717, 1.165) is 6.42 Å². The van der Waals surface area contributed by atoms with E-state index in [1.807, 2.05) is 41.5 Å². The molecule has 0 aromatic carbocycles. The molecule has 0 aliphatic heterocycles. The highest BCUT2D eigenvalue weighted by atomic mass is 16.6. The molecule has 0 saturated heterocycles. The molecule has 0 amide bonds. The van der Waals surface area contributed by atoms with Crippen LogP contribution in [0.25, 0.3) is 0 Å². The van der Waals surface area contributed by atoms with Gasteiger partial charge in [0.25, 0.3) is 0 Å². The first-order chi connectivity index (χ1) is 7.75. The molecule has 0 atom stereocenters. The summed E-state index contributed by atoms with van der Waals surface area (Å²) in [7, 11) is 0. The Labute approximate surface area is 112 Å². The van der Waals surface area contributed by atoms with Crippen LogP contribution in [0.4, 0.5) is 0 Å². The predicted octanol–water partition coefficient (Wildman–Crippen LogP) is 3.51. The second-order valence-electron chi connectivity index (χ2n) is 7.80. The molecular weight excluding hydrogens is 226 g/mol. The average Bonchev–Trinajstić information content (AvgIpc) is 1.94. The number of ether oxygens (including phenoxy) is 1. The average molecular weight is 257 g/mol. The van der Waals surface area contributed by atoms with Crippen LogP contribution in [-0.2, 0) is 9.53 Å². The first-order valence-electron chi connectivity index (χ1n) is 6.77. The third-order valence-corrected chi connectivity index (χ3v) is 2.72. The molecule has 108 valence electrons. The number of esters is 1. The van der Waals surface area contributed by atoms with Crippen LogP contribution in [-0.4, -0.2) is 17.1 Å². The van der Waals surface area contributed by atoms with E-state index in [9.17, 15) is 4.79 Å². The lowest BCUT2D eigenvalue weighted by molar-refractivity contribution is -0.169. The minimum Gasteiger partial charge on any atom is -0.459 e. The van der Waals surface area contributed by atoms with Gasteiger partial charge in [0.2, 0.25) is 0 Å². The van der Waals surface area contributed by atoms with Crippen LogP contribution in [0, 0.1) is 11.3 Å². The molecule has 0 aliphatic carbocycles. The van der Waals surface area contributed by atoms with Crippen molar-refractivity contribution in [1.82, 2.24) is 0 Å². The Bertz CT molecular complexity index is 285. The Morgan fingerprint density at radius 2 is 1.56 bits per heavy atom. The van der Waals surface area contributed by atoms with Crippen molar-refractivity contribution < 1.29 is 9.53 Å². The van der Waals surface area contributed by atoms with Crippen LogP contribution in [0.5, 0.6) is 0 Å². The van der Waals surface area contributed by atoms with Gasteiger partial charge in [-0.3, -0.25) is 4.79 Å². The molecule has 0 rings (SSSR count). The monoisotopic (exact) mass is 257 g/mol. The van der Waals surface area contributed by atoms with Crippen molar-refractivity contribution in [3.63, 3.8) is 0 Å². The smallest absolute Gasteiger partial charge is 0.312 e. The Balaban J connectivity index is 4.66. The zero-order valence-electron chi connectivity index (χ0n) is 13.4. The zero-order chi connectivity index (χ0) is 14.8. The van der Waals surface area contributed by atoms with Crippen molar-refractivity contribution in [2.75, 3.05) is 0 Å². The molecular formula is C15H31NO2. The van der Waals surface area contributed by atoms with Gasteiger partial charge in [0.1, 0.15) is 5.60 Å². The molecule has 0 saturated carbocycles. The summed E-state index contributed by atoms with van der Waals surface area (Å²) in [5.41, 5.74) is 4.66. The standard InChI is InChI=1S/C15H31NO2/c1-11(2)9-15(7,8)18-12(17)13(3,4)10-14(5,6)16/h11H,9-10,16H2,1-8H3. The lowest BCUT2D eigenvalue weighted by Gasteiger charge is -2.35. The van der Waals surface area contributed by atoms with Gasteiger partial charge >= 0.3 is 5.97 Å². The second kappa shape index (κ2) is 5.60. The van der Waals surface area contributed by atoms with E-state index in [4.69, 9.17) is 10.5 Å². The van der Waals surface area contributed by atoms with Gasteiger partial charge in [0.15, 0.2) is 0 Å². The fourth-order valence-electron chi connectivity index (χ4n) is 2.63. The summed E-state index contributed by atoms with van der Waals surface area (Å²) in [6, 6.07) is 0. The fraction of sp³-hybridized carbons (Fsp3) is 0.933. The molecule has 0 aliphatic rings. The SMILES string of the molecule is CC(C)CC(C)(C)OC(=O)C(C)(C)CC(C)(C)N. The lowest BCUT2D eigenvalue weighted by atomic mass is 9.80. The molecule has 0 heterocycles. The molecule has 0 bridgehead atoms. The van der Waals surface area contributed by atoms with E-state index in [0.29, 0.717) is 12.3 Å². The van der Waals surface area contributed by atoms with E-state index in [1.165, 1.54) is 0 Å². The van der Waals surface area contributed by atoms with Gasteiger partial charge in [-0.25, -0.2) is 0 Å². The van der Waals surface area contributed by atoms with E-state index in [-0.39, 0.29) is 11.5 Å². The van der Waals surface area contributed by atoms with Gasteiger partial charge < -0.3 is 10.5 Å². The maximum Gasteiger partial charge on any atom is 0.312 e. The topological polar surface area (TPSA) is 52.3 Å². The quantitative estimate of drug-likeness (QED) is 0.741. The predicted molar refractivity (Wildman–Crippen MR) is 76.3 cm³/mol. The molecule has 0 aromatic rings. The molecule has 3 nitrogen and oxygen atoms in total. The summed E-state index contributed by atoms with van der Waals surface area (Å²) in [5.74, 6) is 0.341. The first kappa shape index (κ1) is 17.4. The van der Waals surface area contributed by atoms with Crippen LogP contribution in [0.1, 0.15) is 68.2 Å². The van der Waals surface area contributed by atoms with Gasteiger partial charge in [0, 0.05) is 5.54 Å². The fourth-order valence-corrected chi connectivity index (χ4v) is 2.63. The zero-order valence-corrected chi connectivity index (χ0v) is 13.4. The Morgan fingerprint density at radius 3 is 1.89 bits per heavy atom. The van der Waals surface area contributed by atoms with Crippen molar-refractivity contribution in [2.24, 2.45) is 17.1 Å². The van der Waals surface area contributed by atoms with Gasteiger partial charge in [-0.1, -0.05) is 13.8 Å². The van der Waals surface area contributed by atoms with Crippen molar-refractivity contribution in [3.8, 4) is 0 Å². The van der Waals surface area contributed by atoms with Crippen molar-refractivity contribution in [2.45, 2.75) is 79.4 Å². The number of rotatable bonds is 6. The van der Waals surface area contributed by atoms with E-state index in [2.05, 4.69) is 13.8 Å². The summed E-state index contributed by atoms with van der Waals surface area (Å²) in [6.45, 7) is 15.9. The number of nitrogens with two attached hydrogens (primary N) is 1. The lowest BCUT2D eigenvalue weighted by Crippen LogP contribution is -2.43. The highest BCUT2D eigenvalue weighted by molar-refractivity contribution is 5.76. The van der Waals surface area contributed by atoms with Gasteiger partial charge in [-0.2, -0.15) is 0 Å². The molecule has 0 radical (unpaired) electrons. The number of carbonyl (C=O) groups is 1. The molecule has 0 fully saturated rings. The third kappa shape index (κ3) is 7.00. The summed E-state index contributed by atoms with van der Waals surface area (Å²) in [4.78, 5) is 12.3. The minimum absolute atomic E-state index is 0.160. The molecule has 2 N–H and O–H groups in total. The third-order valence-electron chi connectivity index (χ3n) is 2.72. The Morgan fingerprint density at radius 1 is 1.11 bits per heavy atom. The molecule has 0 aromatic heterocycles. The highest BCUT2D eigenvalue weighted by Gasteiger charge is 2.37. The minimum atomic E-state index is -0.549. The van der Waals surface area contributed by atoms with Crippen LogP contribution in [0.3, 0.4) is 0 Å². The maximum atomic E-state index is 12.3. The van der Waals surface area contributed by atoms with Crippen LogP contribution < -0.4 is 5.73 Å². The summed E-state index contributed by atoms with van der Waals surface area (Å²) >= 11 is 0. The van der Waals surface area contributed by atoms with Crippen LogP contribution in [0.15, 0.2) is 0 Å². The van der Waals surface area contributed by atoms with Gasteiger partial charge in [-0.15, -0.1) is 0 Å². The maximum absolute atomic E-state index is 12.3. The van der Waals surface area contributed by atoms with Crippen LogP contribution in [0.2, 0.25) is 0 Å². The number of carbonyl (C=O) groups excluding carboxylic acids is 1. The molecule has 0 spiro atoms. The Kier molecular flexibility index (Phi) is 5.42. The van der Waals surface area contributed by atoms with E-state index >= 15 is 0 Å². The van der Waals surface area contributed by atoms with Crippen molar-refractivity contribution in [3.05, 3.63) is 0 Å². The normalized spacial score (nSPS) is 13.9. The molecule has 3 heteroatoms.